The van der Waals surface area contributed by atoms with Gasteiger partial charge in [0.05, 0.1) is 0 Å². The summed E-state index contributed by atoms with van der Waals surface area (Å²) in [6.07, 6.45) is 13.6. The summed E-state index contributed by atoms with van der Waals surface area (Å²) in [5.74, 6) is 1.62. The number of amides is 1. The molecule has 0 N–H and O–H groups in total. The van der Waals surface area contributed by atoms with Crippen LogP contribution in [-0.4, -0.2) is 48.0 Å². The van der Waals surface area contributed by atoms with Crippen molar-refractivity contribution in [3.63, 3.8) is 0 Å². The standard InChI is InChI=1S/C26H32N2O2/c1-19(29)28-18-13-22-21-11-7-8-12-23(21)30-24(22)26(28)16-14-25(15-17-26,27(2)3)20-9-5-4-6-10-20/h4-12,21,23H,13-18H2,1-3H3. The highest BCUT2D eigenvalue weighted by atomic mass is 16.5. The van der Waals surface area contributed by atoms with Crippen LogP contribution in [0.25, 0.3) is 0 Å². The second kappa shape index (κ2) is 7.12. The Bertz CT molecular complexity index is 920. The largest absolute Gasteiger partial charge is 0.487 e. The molecule has 1 amide bonds. The molecule has 1 saturated carbocycles. The fraction of sp³-hybridized carbons (Fsp3) is 0.500. The molecule has 5 rings (SSSR count). The summed E-state index contributed by atoms with van der Waals surface area (Å²) in [6.45, 7) is 2.53. The maximum Gasteiger partial charge on any atom is 0.220 e. The second-order valence-corrected chi connectivity index (χ2v) is 9.48. The number of hydrogen-bond acceptors (Lipinski definition) is 3. The van der Waals surface area contributed by atoms with Crippen molar-refractivity contribution in [2.75, 3.05) is 20.6 Å². The highest BCUT2D eigenvalue weighted by molar-refractivity contribution is 5.75. The molecule has 2 aliphatic heterocycles. The smallest absolute Gasteiger partial charge is 0.220 e. The minimum Gasteiger partial charge on any atom is -0.487 e. The molecular formula is C26H32N2O2. The Balaban J connectivity index is 1.54. The van der Waals surface area contributed by atoms with Crippen LogP contribution < -0.4 is 0 Å². The maximum atomic E-state index is 12.7. The molecule has 2 unspecified atom stereocenters. The molecule has 1 aromatic rings. The molecule has 0 aromatic heterocycles. The number of rotatable bonds is 2. The van der Waals surface area contributed by atoms with Gasteiger partial charge in [-0.15, -0.1) is 0 Å². The van der Waals surface area contributed by atoms with Crippen molar-refractivity contribution in [3.8, 4) is 0 Å². The lowest BCUT2D eigenvalue weighted by Gasteiger charge is -2.55. The number of allylic oxidation sites excluding steroid dienone is 2. The van der Waals surface area contributed by atoms with Crippen molar-refractivity contribution in [1.82, 2.24) is 9.80 Å². The summed E-state index contributed by atoms with van der Waals surface area (Å²) in [5, 5.41) is 0. The Morgan fingerprint density at radius 1 is 1.07 bits per heavy atom. The number of carbonyl (C=O) groups excluding carboxylic acids is 1. The minimum atomic E-state index is -0.299. The minimum absolute atomic E-state index is 0.00168. The van der Waals surface area contributed by atoms with Crippen LogP contribution in [0.4, 0.5) is 0 Å². The van der Waals surface area contributed by atoms with Crippen molar-refractivity contribution in [3.05, 3.63) is 71.5 Å². The van der Waals surface area contributed by atoms with Gasteiger partial charge in [0.15, 0.2) is 0 Å². The molecule has 4 nitrogen and oxygen atoms in total. The van der Waals surface area contributed by atoms with E-state index in [2.05, 4.69) is 78.5 Å². The van der Waals surface area contributed by atoms with Gasteiger partial charge in [-0.3, -0.25) is 9.69 Å². The Hall–Kier alpha value is -2.33. The summed E-state index contributed by atoms with van der Waals surface area (Å²) < 4.78 is 6.61. The third-order valence-corrected chi connectivity index (χ3v) is 8.03. The number of fused-ring (bicyclic) bond motifs is 3. The van der Waals surface area contributed by atoms with Crippen molar-refractivity contribution in [2.24, 2.45) is 5.92 Å². The summed E-state index contributed by atoms with van der Waals surface area (Å²) in [5.41, 5.74) is 2.50. The molecule has 4 heteroatoms. The van der Waals surface area contributed by atoms with E-state index in [1.807, 2.05) is 0 Å². The van der Waals surface area contributed by atoms with Crippen LogP contribution in [0.5, 0.6) is 0 Å². The molecule has 30 heavy (non-hydrogen) atoms. The summed E-state index contributed by atoms with van der Waals surface area (Å²) >= 11 is 0. The SMILES string of the molecule is CC(=O)N1CCC2=C(OC3C=CC=CC23)C12CCC(c1ccccc1)(N(C)C)CC2. The van der Waals surface area contributed by atoms with Gasteiger partial charge in [0.25, 0.3) is 0 Å². The second-order valence-electron chi connectivity index (χ2n) is 9.48. The van der Waals surface area contributed by atoms with Crippen LogP contribution in [0.15, 0.2) is 66.0 Å². The zero-order valence-corrected chi connectivity index (χ0v) is 18.3. The monoisotopic (exact) mass is 404 g/mol. The van der Waals surface area contributed by atoms with E-state index < -0.39 is 0 Å². The first-order chi connectivity index (χ1) is 14.5. The van der Waals surface area contributed by atoms with Gasteiger partial charge in [0.2, 0.25) is 5.91 Å². The van der Waals surface area contributed by atoms with Crippen molar-refractivity contribution < 1.29 is 9.53 Å². The van der Waals surface area contributed by atoms with Gasteiger partial charge in [-0.1, -0.05) is 48.6 Å². The van der Waals surface area contributed by atoms with E-state index in [-0.39, 0.29) is 23.1 Å². The maximum absolute atomic E-state index is 12.7. The molecule has 1 spiro atoms. The highest BCUT2D eigenvalue weighted by Crippen LogP contribution is 2.55. The summed E-state index contributed by atoms with van der Waals surface area (Å²) in [7, 11) is 4.38. The van der Waals surface area contributed by atoms with Gasteiger partial charge in [-0.05, 0) is 63.4 Å². The molecule has 0 saturated heterocycles. The van der Waals surface area contributed by atoms with Gasteiger partial charge in [0.1, 0.15) is 17.4 Å². The van der Waals surface area contributed by atoms with Crippen LogP contribution in [0.2, 0.25) is 0 Å². The van der Waals surface area contributed by atoms with Crippen LogP contribution >= 0.6 is 0 Å². The van der Waals surface area contributed by atoms with Crippen LogP contribution in [0, 0.1) is 5.92 Å². The van der Waals surface area contributed by atoms with Gasteiger partial charge < -0.3 is 9.64 Å². The molecular weight excluding hydrogens is 372 g/mol. The number of ether oxygens (including phenoxy) is 1. The molecule has 0 radical (unpaired) electrons. The van der Waals surface area contributed by atoms with E-state index in [0.717, 1.165) is 44.4 Å². The predicted molar refractivity (Wildman–Crippen MR) is 119 cm³/mol. The van der Waals surface area contributed by atoms with Crippen LogP contribution in [0.3, 0.4) is 0 Å². The van der Waals surface area contributed by atoms with Gasteiger partial charge >= 0.3 is 0 Å². The topological polar surface area (TPSA) is 32.8 Å². The number of carbonyl (C=O) groups is 1. The Labute approximate surface area is 179 Å². The average Bonchev–Trinajstić information content (AvgIpc) is 3.15. The quantitative estimate of drug-likeness (QED) is 0.732. The fourth-order valence-corrected chi connectivity index (χ4v) is 6.41. The van der Waals surface area contributed by atoms with E-state index in [0.29, 0.717) is 5.92 Å². The number of nitrogens with zero attached hydrogens (tertiary/aromatic N) is 2. The molecule has 4 aliphatic rings. The molecule has 2 heterocycles. The average molecular weight is 405 g/mol. The first-order valence-electron chi connectivity index (χ1n) is 11.2. The predicted octanol–water partition coefficient (Wildman–Crippen LogP) is 4.40. The third kappa shape index (κ3) is 2.73. The summed E-state index contributed by atoms with van der Waals surface area (Å²) in [4.78, 5) is 17.3. The molecule has 1 fully saturated rings. The number of benzene rings is 1. The van der Waals surface area contributed by atoms with Gasteiger partial charge in [0, 0.05) is 24.9 Å². The zero-order chi connectivity index (χ0) is 20.9. The lowest BCUT2D eigenvalue weighted by molar-refractivity contribution is -0.139. The van der Waals surface area contributed by atoms with E-state index >= 15 is 0 Å². The summed E-state index contributed by atoms with van der Waals surface area (Å²) in [6, 6.07) is 10.9. The Morgan fingerprint density at radius 2 is 1.77 bits per heavy atom. The van der Waals surface area contributed by atoms with Crippen LogP contribution in [-0.2, 0) is 15.1 Å². The number of hydrogen-bond donors (Lipinski definition) is 0. The van der Waals surface area contributed by atoms with E-state index in [1.165, 1.54) is 11.1 Å². The van der Waals surface area contributed by atoms with Crippen LogP contribution in [0.1, 0.15) is 44.6 Å². The van der Waals surface area contributed by atoms with Crippen molar-refractivity contribution in [1.29, 1.82) is 0 Å². The van der Waals surface area contributed by atoms with Gasteiger partial charge in [-0.25, -0.2) is 0 Å². The van der Waals surface area contributed by atoms with Crippen molar-refractivity contribution >= 4 is 5.91 Å². The van der Waals surface area contributed by atoms with Crippen molar-refractivity contribution in [2.45, 2.75) is 56.2 Å². The fourth-order valence-electron chi connectivity index (χ4n) is 6.41. The Morgan fingerprint density at radius 3 is 2.43 bits per heavy atom. The van der Waals surface area contributed by atoms with E-state index in [4.69, 9.17) is 4.74 Å². The third-order valence-electron chi connectivity index (χ3n) is 8.03. The molecule has 1 aromatic carbocycles. The molecule has 2 atom stereocenters. The highest BCUT2D eigenvalue weighted by Gasteiger charge is 2.56. The lowest BCUT2D eigenvalue weighted by Crippen LogP contribution is -2.60. The lowest BCUT2D eigenvalue weighted by atomic mass is 9.65. The van der Waals surface area contributed by atoms with E-state index in [1.54, 1.807) is 6.92 Å². The zero-order valence-electron chi connectivity index (χ0n) is 18.3. The Kier molecular flexibility index (Phi) is 4.66. The van der Waals surface area contributed by atoms with Gasteiger partial charge in [-0.2, -0.15) is 0 Å². The van der Waals surface area contributed by atoms with E-state index in [9.17, 15) is 4.79 Å². The first-order valence-corrected chi connectivity index (χ1v) is 11.2. The first kappa shape index (κ1) is 19.6. The molecule has 2 aliphatic carbocycles. The molecule has 158 valence electrons. The molecule has 0 bridgehead atoms. The normalized spacial score (nSPS) is 34.9.